The number of nitrogens with zero attached hydrogens (tertiary/aromatic N) is 1. The number of amides is 2. The van der Waals surface area contributed by atoms with E-state index in [4.69, 9.17) is 0 Å². The van der Waals surface area contributed by atoms with Crippen LogP contribution in [0.25, 0.3) is 0 Å². The zero-order valence-corrected chi connectivity index (χ0v) is 11.5. The van der Waals surface area contributed by atoms with E-state index in [9.17, 15) is 14.7 Å². The quantitative estimate of drug-likeness (QED) is 0.770. The molecule has 1 heterocycles. The second-order valence-electron chi connectivity index (χ2n) is 5.34. The van der Waals surface area contributed by atoms with Gasteiger partial charge in [-0.15, -0.1) is 0 Å². The molecule has 1 aliphatic heterocycles. The first-order valence-electron chi connectivity index (χ1n) is 6.60. The van der Waals surface area contributed by atoms with Gasteiger partial charge in [-0.3, -0.25) is 9.59 Å². The summed E-state index contributed by atoms with van der Waals surface area (Å²) >= 11 is 0. The summed E-state index contributed by atoms with van der Waals surface area (Å²) in [6, 6.07) is 0. The van der Waals surface area contributed by atoms with E-state index in [0.29, 0.717) is 32.4 Å². The molecule has 0 aromatic rings. The van der Waals surface area contributed by atoms with E-state index < -0.39 is 5.54 Å². The van der Waals surface area contributed by atoms with Gasteiger partial charge in [-0.1, -0.05) is 6.92 Å². The third-order valence-corrected chi connectivity index (χ3v) is 3.87. The predicted molar refractivity (Wildman–Crippen MR) is 68.9 cm³/mol. The maximum atomic E-state index is 12.1. The highest BCUT2D eigenvalue weighted by molar-refractivity contribution is 5.80. The van der Waals surface area contributed by atoms with Crippen LogP contribution in [-0.4, -0.2) is 47.1 Å². The van der Waals surface area contributed by atoms with E-state index in [1.807, 2.05) is 13.8 Å². The molecule has 0 saturated carbocycles. The molecule has 104 valence electrons. The van der Waals surface area contributed by atoms with Crippen LogP contribution in [0.1, 0.15) is 40.0 Å². The van der Waals surface area contributed by atoms with Gasteiger partial charge in [0.25, 0.3) is 0 Å². The van der Waals surface area contributed by atoms with Crippen LogP contribution in [0.15, 0.2) is 0 Å². The number of rotatable bonds is 4. The van der Waals surface area contributed by atoms with E-state index in [-0.39, 0.29) is 24.3 Å². The van der Waals surface area contributed by atoms with E-state index in [2.05, 4.69) is 5.32 Å². The van der Waals surface area contributed by atoms with Gasteiger partial charge in [-0.05, 0) is 26.2 Å². The van der Waals surface area contributed by atoms with Crippen LogP contribution in [-0.2, 0) is 9.59 Å². The molecular weight excluding hydrogens is 232 g/mol. The number of hydrogen-bond donors (Lipinski definition) is 2. The SMILES string of the molecule is CCC(C)(CO)NC(=O)C1CCN(C(C)=O)CC1. The number of hydrogen-bond acceptors (Lipinski definition) is 3. The second kappa shape index (κ2) is 6.18. The predicted octanol–water partition coefficient (Wildman–Crippen LogP) is 0.522. The Kier molecular flexibility index (Phi) is 5.14. The molecule has 1 rings (SSSR count). The molecule has 0 aromatic carbocycles. The summed E-state index contributed by atoms with van der Waals surface area (Å²) in [6.45, 7) is 6.58. The van der Waals surface area contributed by atoms with Crippen molar-refractivity contribution < 1.29 is 14.7 Å². The van der Waals surface area contributed by atoms with Gasteiger partial charge in [0.05, 0.1) is 12.1 Å². The number of piperidine rings is 1. The molecule has 5 nitrogen and oxygen atoms in total. The summed E-state index contributed by atoms with van der Waals surface area (Å²) in [6.07, 6.45) is 2.11. The first-order chi connectivity index (χ1) is 8.41. The number of aliphatic hydroxyl groups is 1. The molecule has 0 bridgehead atoms. The van der Waals surface area contributed by atoms with Gasteiger partial charge in [0.15, 0.2) is 0 Å². The van der Waals surface area contributed by atoms with Crippen molar-refractivity contribution in [2.24, 2.45) is 5.92 Å². The molecule has 1 fully saturated rings. The van der Waals surface area contributed by atoms with Crippen molar-refractivity contribution in [1.29, 1.82) is 0 Å². The Labute approximate surface area is 109 Å². The number of carbonyl (C=O) groups excluding carboxylic acids is 2. The highest BCUT2D eigenvalue weighted by Crippen LogP contribution is 2.19. The fourth-order valence-electron chi connectivity index (χ4n) is 2.10. The summed E-state index contributed by atoms with van der Waals surface area (Å²) in [5, 5.41) is 12.2. The lowest BCUT2D eigenvalue weighted by Gasteiger charge is -2.34. The van der Waals surface area contributed by atoms with Crippen molar-refractivity contribution in [3.05, 3.63) is 0 Å². The molecule has 1 unspecified atom stereocenters. The highest BCUT2D eigenvalue weighted by Gasteiger charge is 2.30. The first kappa shape index (κ1) is 15.0. The Morgan fingerprint density at radius 3 is 2.33 bits per heavy atom. The lowest BCUT2D eigenvalue weighted by atomic mass is 9.93. The third kappa shape index (κ3) is 3.70. The molecule has 1 atom stereocenters. The average Bonchev–Trinajstić information content (AvgIpc) is 2.38. The van der Waals surface area contributed by atoms with Crippen LogP contribution in [0.5, 0.6) is 0 Å². The number of nitrogens with one attached hydrogen (secondary N) is 1. The third-order valence-electron chi connectivity index (χ3n) is 3.87. The van der Waals surface area contributed by atoms with Crippen molar-refractivity contribution in [3.8, 4) is 0 Å². The van der Waals surface area contributed by atoms with Crippen LogP contribution in [0, 0.1) is 5.92 Å². The fourth-order valence-corrected chi connectivity index (χ4v) is 2.10. The lowest BCUT2D eigenvalue weighted by molar-refractivity contribution is -0.134. The Hall–Kier alpha value is -1.10. The molecule has 0 aliphatic carbocycles. The Balaban J connectivity index is 2.48. The van der Waals surface area contributed by atoms with Crippen molar-refractivity contribution >= 4 is 11.8 Å². The van der Waals surface area contributed by atoms with Crippen molar-refractivity contribution in [1.82, 2.24) is 10.2 Å². The maximum absolute atomic E-state index is 12.1. The molecule has 0 radical (unpaired) electrons. The van der Waals surface area contributed by atoms with Gasteiger partial charge in [0.1, 0.15) is 0 Å². The number of carbonyl (C=O) groups is 2. The molecule has 1 aliphatic rings. The molecule has 5 heteroatoms. The normalized spacial score (nSPS) is 20.3. The van der Waals surface area contributed by atoms with Gasteiger partial charge >= 0.3 is 0 Å². The molecule has 0 aromatic heterocycles. The summed E-state index contributed by atoms with van der Waals surface area (Å²) < 4.78 is 0. The summed E-state index contributed by atoms with van der Waals surface area (Å²) in [5.41, 5.74) is -0.533. The fraction of sp³-hybridized carbons (Fsp3) is 0.846. The van der Waals surface area contributed by atoms with E-state index in [0.717, 1.165) is 0 Å². The minimum absolute atomic E-state index is 0.00315. The van der Waals surface area contributed by atoms with Gasteiger partial charge in [0.2, 0.25) is 11.8 Å². The van der Waals surface area contributed by atoms with Crippen molar-refractivity contribution in [2.45, 2.75) is 45.6 Å². The Morgan fingerprint density at radius 1 is 1.39 bits per heavy atom. The maximum Gasteiger partial charge on any atom is 0.223 e. The first-order valence-corrected chi connectivity index (χ1v) is 6.60. The Morgan fingerprint density at radius 2 is 1.94 bits per heavy atom. The van der Waals surface area contributed by atoms with Crippen LogP contribution >= 0.6 is 0 Å². The van der Waals surface area contributed by atoms with Crippen molar-refractivity contribution in [2.75, 3.05) is 19.7 Å². The van der Waals surface area contributed by atoms with E-state index >= 15 is 0 Å². The number of aliphatic hydroxyl groups excluding tert-OH is 1. The van der Waals surface area contributed by atoms with E-state index in [1.54, 1.807) is 11.8 Å². The summed E-state index contributed by atoms with van der Waals surface area (Å²) in [4.78, 5) is 25.0. The molecule has 2 N–H and O–H groups in total. The van der Waals surface area contributed by atoms with Gasteiger partial charge < -0.3 is 15.3 Å². The molecule has 1 saturated heterocycles. The van der Waals surface area contributed by atoms with Crippen LogP contribution in [0.3, 0.4) is 0 Å². The summed E-state index contributed by atoms with van der Waals surface area (Å²) in [5.74, 6) is 0.0252. The zero-order valence-electron chi connectivity index (χ0n) is 11.5. The van der Waals surface area contributed by atoms with Crippen molar-refractivity contribution in [3.63, 3.8) is 0 Å². The average molecular weight is 256 g/mol. The molecular formula is C13H24N2O3. The zero-order chi connectivity index (χ0) is 13.8. The molecule has 2 amide bonds. The molecule has 0 spiro atoms. The van der Waals surface area contributed by atoms with Crippen LogP contribution in [0.2, 0.25) is 0 Å². The molecule has 18 heavy (non-hydrogen) atoms. The lowest BCUT2D eigenvalue weighted by Crippen LogP contribution is -2.52. The Bertz CT molecular complexity index is 305. The topological polar surface area (TPSA) is 69.6 Å². The highest BCUT2D eigenvalue weighted by atomic mass is 16.3. The van der Waals surface area contributed by atoms with Gasteiger partial charge in [0, 0.05) is 25.9 Å². The van der Waals surface area contributed by atoms with Gasteiger partial charge in [-0.25, -0.2) is 0 Å². The van der Waals surface area contributed by atoms with Crippen LogP contribution < -0.4 is 5.32 Å². The minimum Gasteiger partial charge on any atom is -0.394 e. The number of likely N-dealkylation sites (tertiary alicyclic amines) is 1. The smallest absolute Gasteiger partial charge is 0.223 e. The van der Waals surface area contributed by atoms with E-state index in [1.165, 1.54) is 0 Å². The summed E-state index contributed by atoms with van der Waals surface area (Å²) in [7, 11) is 0. The van der Waals surface area contributed by atoms with Gasteiger partial charge in [-0.2, -0.15) is 0 Å². The largest absolute Gasteiger partial charge is 0.394 e. The second-order valence-corrected chi connectivity index (χ2v) is 5.34. The monoisotopic (exact) mass is 256 g/mol. The van der Waals surface area contributed by atoms with Crippen LogP contribution in [0.4, 0.5) is 0 Å². The standard InChI is InChI=1S/C13H24N2O3/c1-4-13(3,9-16)14-12(18)11-5-7-15(8-6-11)10(2)17/h11,16H,4-9H2,1-3H3,(H,14,18). The minimum atomic E-state index is -0.533.